The van der Waals surface area contributed by atoms with E-state index in [1.807, 2.05) is 12.1 Å². The van der Waals surface area contributed by atoms with Gasteiger partial charge in [0.1, 0.15) is 11.9 Å². The van der Waals surface area contributed by atoms with Crippen molar-refractivity contribution in [2.45, 2.75) is 39.7 Å². The number of nitrogens with one attached hydrogen (secondary N) is 1. The molecule has 0 bridgehead atoms. The van der Waals surface area contributed by atoms with Gasteiger partial charge in [-0.2, -0.15) is 5.26 Å². The number of aliphatic imine (C=N–C) groups is 1. The lowest BCUT2D eigenvalue weighted by atomic mass is 9.97. The van der Waals surface area contributed by atoms with Crippen LogP contribution in [-0.2, 0) is 6.54 Å². The Morgan fingerprint density at radius 2 is 1.65 bits per heavy atom. The van der Waals surface area contributed by atoms with Gasteiger partial charge in [-0.3, -0.25) is 4.90 Å². The maximum atomic E-state index is 9.11. The van der Waals surface area contributed by atoms with Crippen LogP contribution < -0.4 is 10.2 Å². The van der Waals surface area contributed by atoms with E-state index >= 15 is 0 Å². The first-order valence-electron chi connectivity index (χ1n) is 14.2. The van der Waals surface area contributed by atoms with Gasteiger partial charge in [0, 0.05) is 50.0 Å². The van der Waals surface area contributed by atoms with Crippen LogP contribution in [0.3, 0.4) is 0 Å². The molecular formula is C33H35N7. The number of piperazine rings is 1. The smallest absolute Gasteiger partial charge is 0.234 e. The number of aromatic nitrogens is 2. The molecule has 3 aromatic rings. The Hall–Kier alpha value is -4.28. The summed E-state index contributed by atoms with van der Waals surface area (Å²) in [4.78, 5) is 18.3. The molecule has 0 spiro atoms. The maximum Gasteiger partial charge on any atom is 0.234 e. The van der Waals surface area contributed by atoms with Crippen LogP contribution in [0.4, 0.5) is 5.82 Å². The first kappa shape index (κ1) is 26.0. The highest BCUT2D eigenvalue weighted by Gasteiger charge is 2.28. The van der Waals surface area contributed by atoms with E-state index in [0.717, 1.165) is 80.3 Å². The van der Waals surface area contributed by atoms with Gasteiger partial charge in [-0.1, -0.05) is 68.4 Å². The largest absolute Gasteiger partial charge is 0.354 e. The molecule has 0 unspecified atom stereocenters. The molecule has 202 valence electrons. The van der Waals surface area contributed by atoms with Crippen molar-refractivity contribution in [1.29, 1.82) is 5.26 Å². The van der Waals surface area contributed by atoms with Crippen molar-refractivity contribution in [3.8, 4) is 6.07 Å². The van der Waals surface area contributed by atoms with E-state index in [1.165, 1.54) is 22.5 Å². The molecule has 40 heavy (non-hydrogen) atoms. The van der Waals surface area contributed by atoms with Crippen molar-refractivity contribution in [1.82, 2.24) is 20.2 Å². The van der Waals surface area contributed by atoms with Gasteiger partial charge in [0.05, 0.1) is 22.8 Å². The number of benzene rings is 2. The molecule has 0 atom stereocenters. The minimum Gasteiger partial charge on any atom is -0.354 e. The van der Waals surface area contributed by atoms with Crippen molar-refractivity contribution >= 4 is 22.9 Å². The van der Waals surface area contributed by atoms with Gasteiger partial charge >= 0.3 is 0 Å². The summed E-state index contributed by atoms with van der Waals surface area (Å²) in [5.74, 6) is 1.60. The molecule has 2 fully saturated rings. The Morgan fingerprint density at radius 1 is 0.900 bits per heavy atom. The van der Waals surface area contributed by atoms with Crippen molar-refractivity contribution in [3.05, 3.63) is 101 Å². The van der Waals surface area contributed by atoms with Crippen molar-refractivity contribution in [2.75, 3.05) is 31.1 Å². The van der Waals surface area contributed by atoms with E-state index in [9.17, 15) is 0 Å². The highest BCUT2D eigenvalue weighted by molar-refractivity contribution is 6.10. The number of nitriles is 1. The predicted molar refractivity (Wildman–Crippen MR) is 160 cm³/mol. The summed E-state index contributed by atoms with van der Waals surface area (Å²) in [5.41, 5.74) is 9.64. The fraction of sp³-hybridized carbons (Fsp3) is 0.333. The number of hydrogen-bond acceptors (Lipinski definition) is 7. The van der Waals surface area contributed by atoms with Crippen LogP contribution in [0.15, 0.2) is 83.1 Å². The number of nitrogens with zero attached hydrogens (tertiary/aromatic N) is 6. The van der Waals surface area contributed by atoms with Crippen LogP contribution in [0.1, 0.15) is 55.6 Å². The highest BCUT2D eigenvalue weighted by Crippen LogP contribution is 2.38. The average Bonchev–Trinajstić information content (AvgIpc) is 3.84. The summed E-state index contributed by atoms with van der Waals surface area (Å²) in [7, 11) is 0. The number of rotatable bonds is 7. The van der Waals surface area contributed by atoms with Gasteiger partial charge in [-0.05, 0) is 42.4 Å². The quantitative estimate of drug-likeness (QED) is 0.427. The van der Waals surface area contributed by atoms with E-state index in [-0.39, 0.29) is 5.82 Å². The van der Waals surface area contributed by atoms with Crippen molar-refractivity contribution in [2.24, 2.45) is 10.9 Å². The van der Waals surface area contributed by atoms with Crippen LogP contribution in [0.2, 0.25) is 0 Å². The molecule has 0 amide bonds. The van der Waals surface area contributed by atoms with E-state index in [2.05, 4.69) is 93.5 Å². The van der Waals surface area contributed by atoms with Crippen molar-refractivity contribution < 1.29 is 0 Å². The lowest BCUT2D eigenvalue weighted by molar-refractivity contribution is 0.249. The summed E-state index contributed by atoms with van der Waals surface area (Å²) in [6.45, 7) is 9.09. The zero-order chi connectivity index (χ0) is 27.5. The van der Waals surface area contributed by atoms with Crippen LogP contribution in [0.5, 0.6) is 0 Å². The van der Waals surface area contributed by atoms with Gasteiger partial charge in [0.15, 0.2) is 0 Å². The first-order valence-corrected chi connectivity index (χ1v) is 14.2. The maximum absolute atomic E-state index is 9.11. The Balaban J connectivity index is 1.20. The number of anilines is 1. The topological polar surface area (TPSA) is 80.4 Å². The standard InChI is InChI=1S/C33H35N7/c1-23(2)20-28-31(26-12-13-26)38-33(32(36-28)25-6-4-3-5-7-25)27-10-8-24(9-11-27)22-39-16-18-40(19-17-39)30-14-15-35-29(21-34)37-30/h3-11,14-15,23,38H,12-13,16-20,22H2,1-2H3. The van der Waals surface area contributed by atoms with Crippen LogP contribution >= 0.6 is 0 Å². The second kappa shape index (κ2) is 11.4. The minimum absolute atomic E-state index is 0.222. The summed E-state index contributed by atoms with van der Waals surface area (Å²) in [6, 6.07) is 23.4. The van der Waals surface area contributed by atoms with Gasteiger partial charge in [-0.15, -0.1) is 0 Å². The summed E-state index contributed by atoms with van der Waals surface area (Å²) in [6.07, 6.45) is 4.96. The third kappa shape index (κ3) is 5.83. The molecule has 7 heteroatoms. The monoisotopic (exact) mass is 529 g/mol. The van der Waals surface area contributed by atoms with Gasteiger partial charge < -0.3 is 10.2 Å². The second-order valence-electron chi connectivity index (χ2n) is 11.2. The molecule has 2 aliphatic heterocycles. The molecule has 3 heterocycles. The summed E-state index contributed by atoms with van der Waals surface area (Å²) in [5, 5.41) is 13.0. The fourth-order valence-electron chi connectivity index (χ4n) is 5.41. The van der Waals surface area contributed by atoms with Crippen LogP contribution in [0.25, 0.3) is 11.4 Å². The SMILES string of the molecule is CC(C)CC1=NC(c2ccccc2)=C(c2ccc(CN3CCN(c4ccnc(C#N)n4)CC3)cc2)NC1=C1CC1. The Kier molecular flexibility index (Phi) is 7.43. The molecule has 6 rings (SSSR count). The third-order valence-electron chi connectivity index (χ3n) is 7.61. The minimum atomic E-state index is 0.222. The molecule has 1 aromatic heterocycles. The highest BCUT2D eigenvalue weighted by atomic mass is 15.3. The van der Waals surface area contributed by atoms with E-state index < -0.39 is 0 Å². The summed E-state index contributed by atoms with van der Waals surface area (Å²) >= 11 is 0. The molecule has 1 N–H and O–H groups in total. The fourth-order valence-corrected chi connectivity index (χ4v) is 5.41. The number of allylic oxidation sites excluding steroid dienone is 2. The Morgan fingerprint density at radius 3 is 2.33 bits per heavy atom. The van der Waals surface area contributed by atoms with Gasteiger partial charge in [0.2, 0.25) is 5.82 Å². The lowest BCUT2D eigenvalue weighted by Crippen LogP contribution is -2.46. The number of hydrogen-bond donors (Lipinski definition) is 1. The van der Waals surface area contributed by atoms with Crippen LogP contribution in [-0.4, -0.2) is 46.8 Å². The molecule has 0 radical (unpaired) electrons. The first-order chi connectivity index (χ1) is 19.6. The Labute approximate surface area is 236 Å². The zero-order valence-corrected chi connectivity index (χ0v) is 23.3. The second-order valence-corrected chi connectivity index (χ2v) is 11.2. The average molecular weight is 530 g/mol. The predicted octanol–water partition coefficient (Wildman–Crippen LogP) is 5.63. The van der Waals surface area contributed by atoms with Crippen molar-refractivity contribution in [3.63, 3.8) is 0 Å². The molecule has 1 saturated carbocycles. The molecule has 2 aromatic carbocycles. The zero-order valence-electron chi connectivity index (χ0n) is 23.3. The van der Waals surface area contributed by atoms with Gasteiger partial charge in [-0.25, -0.2) is 15.0 Å². The normalized spacial score (nSPS) is 17.6. The lowest BCUT2D eigenvalue weighted by Gasteiger charge is -2.35. The van der Waals surface area contributed by atoms with Gasteiger partial charge in [0.25, 0.3) is 0 Å². The Bertz CT molecular complexity index is 1500. The molecule has 1 aliphatic carbocycles. The molecule has 7 nitrogen and oxygen atoms in total. The van der Waals surface area contributed by atoms with Crippen LogP contribution in [0, 0.1) is 17.2 Å². The molecule has 3 aliphatic rings. The van der Waals surface area contributed by atoms with E-state index in [1.54, 1.807) is 6.20 Å². The van der Waals surface area contributed by atoms with E-state index in [4.69, 9.17) is 10.3 Å². The molecule has 1 saturated heterocycles. The summed E-state index contributed by atoms with van der Waals surface area (Å²) < 4.78 is 0. The van der Waals surface area contributed by atoms with E-state index in [0.29, 0.717) is 5.92 Å². The molecular weight excluding hydrogens is 494 g/mol. The third-order valence-corrected chi connectivity index (χ3v) is 7.61.